The van der Waals surface area contributed by atoms with Gasteiger partial charge in [0.1, 0.15) is 6.61 Å². The van der Waals surface area contributed by atoms with Gasteiger partial charge in [0, 0.05) is 17.0 Å². The molecule has 0 aliphatic rings. The Morgan fingerprint density at radius 3 is 2.50 bits per heavy atom. The first kappa shape index (κ1) is 13.1. The smallest absolute Gasteiger partial charge is 0.261 e. The molecule has 0 N–H and O–H groups in total. The lowest BCUT2D eigenvalue weighted by molar-refractivity contribution is 0.0170. The summed E-state index contributed by atoms with van der Waals surface area (Å²) in [7, 11) is 0. The van der Waals surface area contributed by atoms with E-state index in [9.17, 15) is 13.6 Å². The summed E-state index contributed by atoms with van der Waals surface area (Å²) < 4.78 is 28.0. The van der Waals surface area contributed by atoms with Gasteiger partial charge in [0.2, 0.25) is 0 Å². The molecule has 16 heavy (non-hydrogen) atoms. The summed E-state index contributed by atoms with van der Waals surface area (Å²) in [6.07, 6.45) is -2.40. The van der Waals surface area contributed by atoms with E-state index in [1.54, 1.807) is 24.3 Å². The van der Waals surface area contributed by atoms with E-state index in [1.807, 2.05) is 0 Å². The van der Waals surface area contributed by atoms with Crippen molar-refractivity contribution in [1.82, 2.24) is 0 Å². The van der Waals surface area contributed by atoms with Crippen LogP contribution >= 0.6 is 11.6 Å². The molecule has 0 saturated carbocycles. The molecule has 0 spiro atoms. The Morgan fingerprint density at radius 1 is 1.31 bits per heavy atom. The third-order valence-electron chi connectivity index (χ3n) is 1.88. The molecule has 0 aliphatic heterocycles. The maximum Gasteiger partial charge on any atom is 0.261 e. The first-order valence-corrected chi connectivity index (χ1v) is 5.12. The second-order valence-electron chi connectivity index (χ2n) is 3.15. The number of Topliss-reactive ketones (excluding diaryl/α,β-unsaturated/α-hetero) is 1. The Kier molecular flexibility index (Phi) is 5.35. The van der Waals surface area contributed by atoms with Crippen molar-refractivity contribution in [3.05, 3.63) is 34.9 Å². The Hall–Kier alpha value is -1.00. The largest absolute Gasteiger partial charge is 0.375 e. The van der Waals surface area contributed by atoms with E-state index >= 15 is 0 Å². The highest BCUT2D eigenvalue weighted by Gasteiger charge is 2.07. The minimum absolute atomic E-state index is 0.00575. The molecule has 1 aromatic carbocycles. The molecule has 1 aromatic rings. The van der Waals surface area contributed by atoms with Gasteiger partial charge in [-0.1, -0.05) is 11.6 Å². The third kappa shape index (κ3) is 4.68. The van der Waals surface area contributed by atoms with Gasteiger partial charge in [-0.3, -0.25) is 4.79 Å². The van der Waals surface area contributed by atoms with Gasteiger partial charge >= 0.3 is 0 Å². The predicted molar refractivity (Wildman–Crippen MR) is 57.2 cm³/mol. The summed E-state index contributed by atoms with van der Waals surface area (Å²) in [5.74, 6) is -0.147. The van der Waals surface area contributed by atoms with Crippen LogP contribution in [0.4, 0.5) is 8.78 Å². The number of hydrogen-bond acceptors (Lipinski definition) is 2. The summed E-state index contributed by atoms with van der Waals surface area (Å²) in [6, 6.07) is 6.40. The van der Waals surface area contributed by atoms with Crippen molar-refractivity contribution in [1.29, 1.82) is 0 Å². The number of ether oxygens (including phenoxy) is 1. The monoisotopic (exact) mass is 248 g/mol. The van der Waals surface area contributed by atoms with Crippen molar-refractivity contribution in [3.63, 3.8) is 0 Å². The van der Waals surface area contributed by atoms with Crippen LogP contribution < -0.4 is 0 Å². The van der Waals surface area contributed by atoms with Crippen molar-refractivity contribution in [2.24, 2.45) is 0 Å². The van der Waals surface area contributed by atoms with E-state index in [0.717, 1.165) is 0 Å². The normalized spacial score (nSPS) is 10.8. The Bertz CT molecular complexity index is 338. The number of carbonyl (C=O) groups is 1. The van der Waals surface area contributed by atoms with E-state index in [0.29, 0.717) is 10.6 Å². The average molecular weight is 249 g/mol. The molecule has 2 nitrogen and oxygen atoms in total. The summed E-state index contributed by atoms with van der Waals surface area (Å²) in [4.78, 5) is 11.5. The zero-order valence-corrected chi connectivity index (χ0v) is 9.21. The molecule has 0 radical (unpaired) electrons. The molecule has 0 heterocycles. The minimum atomic E-state index is -2.49. The van der Waals surface area contributed by atoms with Crippen LogP contribution in [0.3, 0.4) is 0 Å². The van der Waals surface area contributed by atoms with Gasteiger partial charge in [-0.15, -0.1) is 0 Å². The lowest BCUT2D eigenvalue weighted by Gasteiger charge is -2.03. The second-order valence-corrected chi connectivity index (χ2v) is 3.58. The summed E-state index contributed by atoms with van der Waals surface area (Å²) in [6.45, 7) is -0.625. The quantitative estimate of drug-likeness (QED) is 0.571. The Morgan fingerprint density at radius 2 is 1.94 bits per heavy atom. The topological polar surface area (TPSA) is 26.3 Å². The van der Waals surface area contributed by atoms with Crippen LogP contribution in [0.5, 0.6) is 0 Å². The number of alkyl halides is 2. The molecule has 0 saturated heterocycles. The van der Waals surface area contributed by atoms with Gasteiger partial charge in [0.05, 0.1) is 6.61 Å². The van der Waals surface area contributed by atoms with Crippen LogP contribution in [-0.4, -0.2) is 25.4 Å². The van der Waals surface area contributed by atoms with Gasteiger partial charge in [0.25, 0.3) is 6.43 Å². The highest BCUT2D eigenvalue weighted by Crippen LogP contribution is 2.11. The van der Waals surface area contributed by atoms with E-state index in [4.69, 9.17) is 11.6 Å². The van der Waals surface area contributed by atoms with Crippen molar-refractivity contribution in [2.45, 2.75) is 12.8 Å². The maximum absolute atomic E-state index is 11.7. The summed E-state index contributed by atoms with van der Waals surface area (Å²) in [5.41, 5.74) is 0.505. The minimum Gasteiger partial charge on any atom is -0.375 e. The second kappa shape index (κ2) is 6.55. The molecule has 0 unspecified atom stereocenters. The number of benzene rings is 1. The van der Waals surface area contributed by atoms with Crippen LogP contribution in [-0.2, 0) is 4.74 Å². The number of carbonyl (C=O) groups excluding carboxylic acids is 1. The molecule has 0 aliphatic carbocycles. The van der Waals surface area contributed by atoms with E-state index in [1.165, 1.54) is 0 Å². The van der Waals surface area contributed by atoms with Crippen LogP contribution in [0.25, 0.3) is 0 Å². The number of ketones is 1. The highest BCUT2D eigenvalue weighted by atomic mass is 35.5. The molecule has 88 valence electrons. The fourth-order valence-electron chi connectivity index (χ4n) is 1.12. The number of hydrogen-bond donors (Lipinski definition) is 0. The highest BCUT2D eigenvalue weighted by molar-refractivity contribution is 6.30. The molecular weight excluding hydrogens is 238 g/mol. The Balaban J connectivity index is 2.32. The molecule has 5 heteroatoms. The predicted octanol–water partition coefficient (Wildman–Crippen LogP) is 3.19. The van der Waals surface area contributed by atoms with E-state index in [-0.39, 0.29) is 18.8 Å². The van der Waals surface area contributed by atoms with Crippen molar-refractivity contribution < 1.29 is 18.3 Å². The van der Waals surface area contributed by atoms with Crippen molar-refractivity contribution in [3.8, 4) is 0 Å². The van der Waals surface area contributed by atoms with Crippen LogP contribution in [0.2, 0.25) is 5.02 Å². The van der Waals surface area contributed by atoms with Gasteiger partial charge in [-0.2, -0.15) is 0 Å². The van der Waals surface area contributed by atoms with Gasteiger partial charge in [-0.05, 0) is 24.3 Å². The molecule has 1 rings (SSSR count). The number of halogens is 3. The average Bonchev–Trinajstić information content (AvgIpc) is 2.25. The molecular formula is C11H11ClF2O2. The van der Waals surface area contributed by atoms with Crippen LogP contribution in [0.1, 0.15) is 16.8 Å². The standard InChI is InChI=1S/C11H11ClF2O2/c12-9-3-1-8(2-4-9)10(15)5-6-16-7-11(13)14/h1-4,11H,5-7H2. The summed E-state index contributed by atoms with van der Waals surface area (Å²) >= 11 is 5.66. The zero-order valence-electron chi connectivity index (χ0n) is 8.46. The van der Waals surface area contributed by atoms with Crippen molar-refractivity contribution >= 4 is 17.4 Å². The maximum atomic E-state index is 11.7. The first-order valence-electron chi connectivity index (χ1n) is 4.74. The van der Waals surface area contributed by atoms with Crippen LogP contribution in [0, 0.1) is 0 Å². The lowest BCUT2D eigenvalue weighted by Crippen LogP contribution is -2.09. The Labute approximate surface area is 97.2 Å². The SMILES string of the molecule is O=C(CCOCC(F)F)c1ccc(Cl)cc1. The molecule has 0 atom stereocenters. The first-order chi connectivity index (χ1) is 7.59. The van der Waals surface area contributed by atoms with Crippen molar-refractivity contribution in [2.75, 3.05) is 13.2 Å². The van der Waals surface area contributed by atoms with Gasteiger partial charge < -0.3 is 4.74 Å². The molecule has 0 bridgehead atoms. The van der Waals surface area contributed by atoms with E-state index < -0.39 is 13.0 Å². The van der Waals surface area contributed by atoms with Crippen LogP contribution in [0.15, 0.2) is 24.3 Å². The fourth-order valence-corrected chi connectivity index (χ4v) is 1.24. The zero-order chi connectivity index (χ0) is 12.0. The fraction of sp³-hybridized carbons (Fsp3) is 0.364. The van der Waals surface area contributed by atoms with Gasteiger partial charge in [0.15, 0.2) is 5.78 Å². The number of rotatable bonds is 6. The summed E-state index contributed by atoms with van der Waals surface area (Å²) in [5, 5.41) is 0.547. The van der Waals surface area contributed by atoms with E-state index in [2.05, 4.69) is 4.74 Å². The molecule has 0 amide bonds. The molecule has 0 aromatic heterocycles. The lowest BCUT2D eigenvalue weighted by atomic mass is 10.1. The molecule has 0 fully saturated rings. The van der Waals surface area contributed by atoms with Gasteiger partial charge in [-0.25, -0.2) is 8.78 Å². The third-order valence-corrected chi connectivity index (χ3v) is 2.14.